The molecule has 0 bridgehead atoms. The molecule has 0 fully saturated rings. The Bertz CT molecular complexity index is 837. The number of amides is 2. The van der Waals surface area contributed by atoms with E-state index in [1.165, 1.54) is 4.90 Å². The van der Waals surface area contributed by atoms with Gasteiger partial charge in [-0.05, 0) is 19.1 Å². The molecule has 0 spiro atoms. The fourth-order valence-corrected chi connectivity index (χ4v) is 2.27. The van der Waals surface area contributed by atoms with Crippen LogP contribution in [-0.2, 0) is 13.0 Å². The average Bonchev–Trinajstić information content (AvgIpc) is 3.13. The van der Waals surface area contributed by atoms with Crippen LogP contribution in [0.4, 0.5) is 10.5 Å². The van der Waals surface area contributed by atoms with E-state index in [1.807, 2.05) is 32.0 Å². The van der Waals surface area contributed by atoms with Crippen LogP contribution >= 0.6 is 0 Å². The van der Waals surface area contributed by atoms with Crippen LogP contribution in [0.5, 0.6) is 0 Å². The number of anilines is 1. The van der Waals surface area contributed by atoms with Crippen molar-refractivity contribution in [3.05, 3.63) is 41.8 Å². The number of carbonyl (C=O) groups is 1. The minimum atomic E-state index is -0.275. The van der Waals surface area contributed by atoms with Gasteiger partial charge >= 0.3 is 6.03 Å². The highest BCUT2D eigenvalue weighted by molar-refractivity contribution is 5.98. The molecule has 0 atom stereocenters. The summed E-state index contributed by atoms with van der Waals surface area (Å²) in [4.78, 5) is 13.8. The fourth-order valence-electron chi connectivity index (χ4n) is 2.27. The van der Waals surface area contributed by atoms with Crippen LogP contribution in [0.2, 0.25) is 0 Å². The van der Waals surface area contributed by atoms with Crippen LogP contribution in [0.3, 0.4) is 0 Å². The van der Waals surface area contributed by atoms with Gasteiger partial charge in [0.05, 0.1) is 5.69 Å². The van der Waals surface area contributed by atoms with Crippen molar-refractivity contribution < 1.29 is 13.6 Å². The first-order valence-electron chi connectivity index (χ1n) is 7.39. The first kappa shape index (κ1) is 15.1. The third kappa shape index (κ3) is 3.18. The Morgan fingerprint density at radius 1 is 1.26 bits per heavy atom. The summed E-state index contributed by atoms with van der Waals surface area (Å²) < 4.78 is 11.1. The van der Waals surface area contributed by atoms with E-state index in [1.54, 1.807) is 13.1 Å². The first-order chi connectivity index (χ1) is 11.1. The third-order valence-corrected chi connectivity index (χ3v) is 3.44. The van der Waals surface area contributed by atoms with Gasteiger partial charge in [-0.15, -0.1) is 10.2 Å². The van der Waals surface area contributed by atoms with Gasteiger partial charge in [0.15, 0.2) is 5.58 Å². The largest absolute Gasteiger partial charge is 0.459 e. The normalized spacial score (nSPS) is 10.9. The second-order valence-electron chi connectivity index (χ2n) is 5.31. The van der Waals surface area contributed by atoms with Gasteiger partial charge in [0.2, 0.25) is 11.8 Å². The first-order valence-corrected chi connectivity index (χ1v) is 7.39. The molecule has 0 saturated heterocycles. The maximum atomic E-state index is 12.3. The lowest BCUT2D eigenvalue weighted by Crippen LogP contribution is -2.31. The zero-order chi connectivity index (χ0) is 16.4. The van der Waals surface area contributed by atoms with Crippen molar-refractivity contribution in [1.29, 1.82) is 0 Å². The van der Waals surface area contributed by atoms with Crippen LogP contribution in [0.15, 0.2) is 33.1 Å². The lowest BCUT2D eigenvalue weighted by Gasteiger charge is -2.16. The molecule has 1 N–H and O–H groups in total. The van der Waals surface area contributed by atoms with Crippen molar-refractivity contribution in [2.45, 2.75) is 26.8 Å². The maximum Gasteiger partial charge on any atom is 0.322 e. The average molecular weight is 314 g/mol. The van der Waals surface area contributed by atoms with Crippen molar-refractivity contribution in [3.63, 3.8) is 0 Å². The van der Waals surface area contributed by atoms with Gasteiger partial charge in [-0.1, -0.05) is 19.1 Å². The fraction of sp³-hybridized carbons (Fsp3) is 0.312. The number of hydrogen-bond acceptors (Lipinski definition) is 5. The quantitative estimate of drug-likeness (QED) is 0.798. The van der Waals surface area contributed by atoms with E-state index >= 15 is 0 Å². The summed E-state index contributed by atoms with van der Waals surface area (Å²) in [6, 6.07) is 7.27. The van der Waals surface area contributed by atoms with Gasteiger partial charge in [0.25, 0.3) is 0 Å². The number of para-hydroxylation sites is 1. The van der Waals surface area contributed by atoms with Crippen molar-refractivity contribution in [2.75, 3.05) is 12.4 Å². The van der Waals surface area contributed by atoms with Gasteiger partial charge in [-0.2, -0.15) is 0 Å². The van der Waals surface area contributed by atoms with Crippen LogP contribution in [-0.4, -0.2) is 28.2 Å². The van der Waals surface area contributed by atoms with E-state index in [0.717, 1.165) is 11.1 Å². The van der Waals surface area contributed by atoms with E-state index in [0.29, 0.717) is 29.5 Å². The summed E-state index contributed by atoms with van der Waals surface area (Å²) in [7, 11) is 1.67. The Morgan fingerprint density at radius 3 is 2.78 bits per heavy atom. The number of carbonyl (C=O) groups excluding carboxylic acids is 1. The highest BCUT2D eigenvalue weighted by Crippen LogP contribution is 2.26. The Labute approximate surface area is 133 Å². The van der Waals surface area contributed by atoms with Gasteiger partial charge in [0, 0.05) is 18.9 Å². The topological polar surface area (TPSA) is 84.4 Å². The van der Waals surface area contributed by atoms with Crippen molar-refractivity contribution in [2.24, 2.45) is 0 Å². The molecule has 3 aromatic rings. The predicted molar refractivity (Wildman–Crippen MR) is 85.1 cm³/mol. The second kappa shape index (κ2) is 6.12. The van der Waals surface area contributed by atoms with E-state index in [-0.39, 0.29) is 12.6 Å². The molecular formula is C16H18N4O3. The highest BCUT2D eigenvalue weighted by Gasteiger charge is 2.15. The molecule has 0 aliphatic rings. The van der Waals surface area contributed by atoms with Gasteiger partial charge in [0.1, 0.15) is 12.3 Å². The van der Waals surface area contributed by atoms with Crippen LogP contribution in [0.1, 0.15) is 24.5 Å². The lowest BCUT2D eigenvalue weighted by atomic mass is 10.2. The molecular weight excluding hydrogens is 296 g/mol. The monoisotopic (exact) mass is 314 g/mol. The van der Waals surface area contributed by atoms with E-state index in [4.69, 9.17) is 8.83 Å². The number of aromatic nitrogens is 2. The molecule has 0 saturated carbocycles. The SMILES string of the molecule is CCc1nnc(CN(C)C(=O)Nc2cccc3cc(C)oc23)o1. The third-order valence-electron chi connectivity index (χ3n) is 3.44. The molecule has 7 heteroatoms. The zero-order valence-electron chi connectivity index (χ0n) is 13.3. The maximum absolute atomic E-state index is 12.3. The number of furan rings is 1. The Kier molecular flexibility index (Phi) is 4.01. The smallest absolute Gasteiger partial charge is 0.322 e. The molecule has 2 heterocycles. The van der Waals surface area contributed by atoms with Gasteiger partial charge < -0.3 is 19.1 Å². The van der Waals surface area contributed by atoms with Crippen molar-refractivity contribution >= 4 is 22.7 Å². The Hall–Kier alpha value is -2.83. The molecule has 0 aliphatic carbocycles. The minimum absolute atomic E-state index is 0.242. The number of nitrogens with zero attached hydrogens (tertiary/aromatic N) is 3. The second-order valence-corrected chi connectivity index (χ2v) is 5.31. The van der Waals surface area contributed by atoms with Gasteiger partial charge in [-0.25, -0.2) is 4.79 Å². The molecule has 3 rings (SSSR count). The molecule has 7 nitrogen and oxygen atoms in total. The number of aryl methyl sites for hydroxylation is 2. The predicted octanol–water partition coefficient (Wildman–Crippen LogP) is 3.35. The molecule has 2 aromatic heterocycles. The standard InChI is InChI=1S/C16H18N4O3/c1-4-13-18-19-14(23-13)9-20(3)16(21)17-12-7-5-6-11-8-10(2)22-15(11)12/h5-8H,4,9H2,1-3H3,(H,17,21). The zero-order valence-corrected chi connectivity index (χ0v) is 13.3. The Morgan fingerprint density at radius 2 is 2.04 bits per heavy atom. The van der Waals surface area contributed by atoms with Crippen LogP contribution in [0, 0.1) is 6.92 Å². The highest BCUT2D eigenvalue weighted by atomic mass is 16.4. The van der Waals surface area contributed by atoms with E-state index < -0.39 is 0 Å². The van der Waals surface area contributed by atoms with Crippen LogP contribution in [0.25, 0.3) is 11.0 Å². The molecule has 0 aliphatic heterocycles. The van der Waals surface area contributed by atoms with E-state index in [2.05, 4.69) is 15.5 Å². The van der Waals surface area contributed by atoms with Crippen LogP contribution < -0.4 is 5.32 Å². The number of benzene rings is 1. The molecule has 23 heavy (non-hydrogen) atoms. The lowest BCUT2D eigenvalue weighted by molar-refractivity contribution is 0.215. The number of nitrogens with one attached hydrogen (secondary N) is 1. The summed E-state index contributed by atoms with van der Waals surface area (Å²) in [5.41, 5.74) is 1.30. The Balaban J connectivity index is 1.72. The summed E-state index contributed by atoms with van der Waals surface area (Å²) >= 11 is 0. The molecule has 2 amide bonds. The summed E-state index contributed by atoms with van der Waals surface area (Å²) in [5.74, 6) is 1.77. The molecule has 0 radical (unpaired) electrons. The summed E-state index contributed by atoms with van der Waals surface area (Å²) in [5, 5.41) is 11.6. The number of hydrogen-bond donors (Lipinski definition) is 1. The molecule has 120 valence electrons. The van der Waals surface area contributed by atoms with Crippen molar-refractivity contribution in [1.82, 2.24) is 15.1 Å². The molecule has 1 aromatic carbocycles. The van der Waals surface area contributed by atoms with Crippen molar-refractivity contribution in [3.8, 4) is 0 Å². The van der Waals surface area contributed by atoms with Gasteiger partial charge in [-0.3, -0.25) is 0 Å². The summed E-state index contributed by atoms with van der Waals surface area (Å²) in [6.45, 7) is 4.05. The number of rotatable bonds is 4. The summed E-state index contributed by atoms with van der Waals surface area (Å²) in [6.07, 6.45) is 0.669. The van der Waals surface area contributed by atoms with E-state index in [9.17, 15) is 4.79 Å². The molecule has 0 unspecified atom stereocenters. The minimum Gasteiger partial charge on any atom is -0.459 e. The number of fused-ring (bicyclic) bond motifs is 1. The number of urea groups is 1.